The van der Waals surface area contributed by atoms with Gasteiger partial charge < -0.3 is 0 Å². The van der Waals surface area contributed by atoms with Crippen LogP contribution in [-0.4, -0.2) is 11.6 Å². The number of hydrazone groups is 1. The van der Waals surface area contributed by atoms with Gasteiger partial charge in [0.15, 0.2) is 0 Å². The topological polar surface area (TPSA) is 41.5 Å². The number of hydrogen-bond donors (Lipinski definition) is 1. The van der Waals surface area contributed by atoms with Crippen molar-refractivity contribution in [2.45, 2.75) is 33.6 Å². The summed E-state index contributed by atoms with van der Waals surface area (Å²) in [6.45, 7) is 10.1. The molecule has 0 heterocycles. The van der Waals surface area contributed by atoms with Crippen LogP contribution in [0.3, 0.4) is 0 Å². The maximum atomic E-state index is 12.1. The lowest BCUT2D eigenvalue weighted by atomic mass is 9.85. The molecule has 2 rings (SSSR count). The van der Waals surface area contributed by atoms with E-state index in [1.807, 2.05) is 39.0 Å². The number of benzene rings is 1. The zero-order chi connectivity index (χ0) is 15.4. The second kappa shape index (κ2) is 6.53. The second-order valence-electron chi connectivity index (χ2n) is 5.74. The molecule has 0 saturated carbocycles. The van der Waals surface area contributed by atoms with Crippen LogP contribution < -0.4 is 5.43 Å². The van der Waals surface area contributed by atoms with Crippen molar-refractivity contribution in [1.29, 1.82) is 0 Å². The van der Waals surface area contributed by atoms with Gasteiger partial charge in [-0.15, -0.1) is 0 Å². The average Bonchev–Trinajstić information content (AvgIpc) is 2.45. The first kappa shape index (κ1) is 15.2. The third-order valence-corrected chi connectivity index (χ3v) is 3.87. The fourth-order valence-corrected chi connectivity index (χ4v) is 2.39. The molecular formula is C18H22N2O. The Morgan fingerprint density at radius 1 is 1.38 bits per heavy atom. The quantitative estimate of drug-likeness (QED) is 0.660. The molecule has 0 aromatic heterocycles. The molecule has 0 saturated heterocycles. The van der Waals surface area contributed by atoms with Crippen LogP contribution in [-0.2, 0) is 0 Å². The molecule has 1 aliphatic carbocycles. The SMILES string of the molecule is C=C(C)C1CC=C(C)C(=NNC(=O)c2cccc(C)c2)C1. The van der Waals surface area contributed by atoms with Crippen molar-refractivity contribution >= 4 is 11.6 Å². The summed E-state index contributed by atoms with van der Waals surface area (Å²) in [5, 5.41) is 4.31. The fraction of sp³-hybridized carbons (Fsp3) is 0.333. The van der Waals surface area contributed by atoms with E-state index in [-0.39, 0.29) is 5.91 Å². The third-order valence-electron chi connectivity index (χ3n) is 3.87. The number of allylic oxidation sites excluding steroid dienone is 3. The highest BCUT2D eigenvalue weighted by atomic mass is 16.2. The van der Waals surface area contributed by atoms with Crippen LogP contribution in [0.2, 0.25) is 0 Å². The van der Waals surface area contributed by atoms with E-state index in [1.165, 1.54) is 0 Å². The van der Waals surface area contributed by atoms with Crippen molar-refractivity contribution < 1.29 is 4.79 Å². The highest BCUT2D eigenvalue weighted by Crippen LogP contribution is 2.26. The lowest BCUT2D eigenvalue weighted by Crippen LogP contribution is -2.23. The summed E-state index contributed by atoms with van der Waals surface area (Å²) in [6, 6.07) is 7.49. The lowest BCUT2D eigenvalue weighted by Gasteiger charge is -2.22. The summed E-state index contributed by atoms with van der Waals surface area (Å²) >= 11 is 0. The van der Waals surface area contributed by atoms with Crippen LogP contribution in [0.15, 0.2) is 53.2 Å². The molecule has 3 nitrogen and oxygen atoms in total. The number of aryl methyl sites for hydroxylation is 1. The Bertz CT molecular complexity index is 626. The number of nitrogens with one attached hydrogen (secondary N) is 1. The maximum absolute atomic E-state index is 12.1. The Morgan fingerprint density at radius 2 is 2.14 bits per heavy atom. The molecule has 1 aromatic rings. The monoisotopic (exact) mass is 282 g/mol. The Morgan fingerprint density at radius 3 is 2.81 bits per heavy atom. The lowest BCUT2D eigenvalue weighted by molar-refractivity contribution is 0.0954. The van der Waals surface area contributed by atoms with Gasteiger partial charge in [-0.05, 0) is 57.2 Å². The van der Waals surface area contributed by atoms with Gasteiger partial charge in [0.2, 0.25) is 0 Å². The van der Waals surface area contributed by atoms with Crippen LogP contribution in [0.4, 0.5) is 0 Å². The van der Waals surface area contributed by atoms with E-state index in [1.54, 1.807) is 6.07 Å². The van der Waals surface area contributed by atoms with Gasteiger partial charge in [-0.2, -0.15) is 5.10 Å². The first-order chi connectivity index (χ1) is 9.97. The molecule has 1 aromatic carbocycles. The zero-order valence-electron chi connectivity index (χ0n) is 12.9. The summed E-state index contributed by atoms with van der Waals surface area (Å²) in [5.74, 6) is 0.250. The fourth-order valence-electron chi connectivity index (χ4n) is 2.39. The minimum absolute atomic E-state index is 0.170. The Labute approximate surface area is 126 Å². The summed E-state index contributed by atoms with van der Waals surface area (Å²) in [7, 11) is 0. The summed E-state index contributed by atoms with van der Waals surface area (Å²) in [4.78, 5) is 12.1. The van der Waals surface area contributed by atoms with Crippen molar-refractivity contribution in [3.8, 4) is 0 Å². The number of hydrogen-bond acceptors (Lipinski definition) is 2. The molecule has 110 valence electrons. The smallest absolute Gasteiger partial charge is 0.267 e. The Hall–Kier alpha value is -2.16. The highest BCUT2D eigenvalue weighted by Gasteiger charge is 2.18. The third kappa shape index (κ3) is 3.91. The number of carbonyl (C=O) groups is 1. The van der Waals surface area contributed by atoms with Gasteiger partial charge in [0.05, 0.1) is 5.71 Å². The molecule has 0 spiro atoms. The molecule has 1 unspecified atom stereocenters. The predicted octanol–water partition coefficient (Wildman–Crippen LogP) is 4.01. The second-order valence-corrected chi connectivity index (χ2v) is 5.74. The molecule has 1 amide bonds. The molecule has 0 radical (unpaired) electrons. The molecular weight excluding hydrogens is 260 g/mol. The van der Waals surface area contributed by atoms with Crippen LogP contribution in [0.25, 0.3) is 0 Å². The Kier molecular flexibility index (Phi) is 4.73. The van der Waals surface area contributed by atoms with Crippen LogP contribution in [0.1, 0.15) is 42.6 Å². The standard InChI is InChI=1S/C18H22N2O/c1-12(2)15-9-8-14(4)17(11-15)19-20-18(21)16-7-5-6-13(3)10-16/h5-8,10,15H,1,9,11H2,2-4H3,(H,20,21). The van der Waals surface area contributed by atoms with Crippen molar-refractivity contribution in [2.75, 3.05) is 0 Å². The molecule has 3 heteroatoms. The normalized spacial score (nSPS) is 20.0. The average molecular weight is 282 g/mol. The van der Waals surface area contributed by atoms with E-state index in [9.17, 15) is 4.79 Å². The minimum Gasteiger partial charge on any atom is -0.267 e. The molecule has 21 heavy (non-hydrogen) atoms. The van der Waals surface area contributed by atoms with E-state index >= 15 is 0 Å². The van der Waals surface area contributed by atoms with Crippen molar-refractivity contribution in [2.24, 2.45) is 11.0 Å². The highest BCUT2D eigenvalue weighted by molar-refractivity contribution is 6.02. The van der Waals surface area contributed by atoms with Gasteiger partial charge in [0, 0.05) is 5.56 Å². The molecule has 0 aliphatic heterocycles. The van der Waals surface area contributed by atoms with Gasteiger partial charge in [-0.1, -0.05) is 35.9 Å². The zero-order valence-corrected chi connectivity index (χ0v) is 12.9. The molecule has 1 aliphatic rings. The van der Waals surface area contributed by atoms with Gasteiger partial charge in [-0.25, -0.2) is 5.43 Å². The molecule has 0 fully saturated rings. The van der Waals surface area contributed by atoms with Crippen molar-refractivity contribution in [1.82, 2.24) is 5.43 Å². The molecule has 1 atom stereocenters. The minimum atomic E-state index is -0.170. The summed E-state index contributed by atoms with van der Waals surface area (Å²) in [6.07, 6.45) is 4.01. The number of amides is 1. The van der Waals surface area contributed by atoms with Crippen molar-refractivity contribution in [3.63, 3.8) is 0 Å². The number of carbonyl (C=O) groups excluding carboxylic acids is 1. The van der Waals surface area contributed by atoms with E-state index in [0.29, 0.717) is 11.5 Å². The van der Waals surface area contributed by atoms with Gasteiger partial charge >= 0.3 is 0 Å². The summed E-state index contributed by atoms with van der Waals surface area (Å²) < 4.78 is 0. The van der Waals surface area contributed by atoms with Crippen LogP contribution >= 0.6 is 0 Å². The van der Waals surface area contributed by atoms with Gasteiger partial charge in [0.1, 0.15) is 0 Å². The van der Waals surface area contributed by atoms with E-state index in [0.717, 1.165) is 35.3 Å². The van der Waals surface area contributed by atoms with Crippen LogP contribution in [0.5, 0.6) is 0 Å². The van der Waals surface area contributed by atoms with Gasteiger partial charge in [-0.3, -0.25) is 4.79 Å². The summed E-state index contributed by atoms with van der Waals surface area (Å²) in [5.41, 5.74) is 7.60. The Balaban J connectivity index is 2.09. The number of rotatable bonds is 3. The predicted molar refractivity (Wildman–Crippen MR) is 87.4 cm³/mol. The van der Waals surface area contributed by atoms with E-state index < -0.39 is 0 Å². The first-order valence-corrected chi connectivity index (χ1v) is 7.23. The van der Waals surface area contributed by atoms with Crippen LogP contribution in [0, 0.1) is 12.8 Å². The maximum Gasteiger partial charge on any atom is 0.271 e. The van der Waals surface area contributed by atoms with Gasteiger partial charge in [0.25, 0.3) is 5.91 Å². The van der Waals surface area contributed by atoms with E-state index in [2.05, 4.69) is 23.2 Å². The largest absolute Gasteiger partial charge is 0.271 e. The number of nitrogens with zero attached hydrogens (tertiary/aromatic N) is 1. The van der Waals surface area contributed by atoms with E-state index in [4.69, 9.17) is 0 Å². The first-order valence-electron chi connectivity index (χ1n) is 7.23. The molecule has 0 bridgehead atoms. The molecule has 1 N–H and O–H groups in total. The van der Waals surface area contributed by atoms with Crippen molar-refractivity contribution in [3.05, 3.63) is 59.2 Å².